The summed E-state index contributed by atoms with van der Waals surface area (Å²) in [5, 5.41) is 7.71. The van der Waals surface area contributed by atoms with Gasteiger partial charge in [-0.15, -0.1) is 0 Å². The van der Waals surface area contributed by atoms with E-state index >= 15 is 0 Å². The van der Waals surface area contributed by atoms with Crippen molar-refractivity contribution in [1.82, 2.24) is 30.0 Å². The van der Waals surface area contributed by atoms with Crippen LogP contribution in [-0.4, -0.2) is 88.4 Å². The molecule has 1 spiro atoms. The number of aromatic nitrogens is 5. The van der Waals surface area contributed by atoms with Gasteiger partial charge in [0.2, 0.25) is 0 Å². The van der Waals surface area contributed by atoms with Crippen LogP contribution in [0, 0.1) is 5.41 Å². The molecule has 0 aromatic carbocycles. The molecule has 6 heterocycles. The number of nitrogens with two attached hydrogens (primary N) is 1. The molecule has 11 nitrogen and oxygen atoms in total. The van der Waals surface area contributed by atoms with Gasteiger partial charge in [-0.05, 0) is 38.3 Å². The second-order valence-corrected chi connectivity index (χ2v) is 11.0. The lowest BCUT2D eigenvalue weighted by molar-refractivity contribution is 0.0821. The van der Waals surface area contributed by atoms with E-state index in [-0.39, 0.29) is 29.4 Å². The first-order chi connectivity index (χ1) is 17.8. The predicted molar refractivity (Wildman–Crippen MR) is 141 cm³/mol. The summed E-state index contributed by atoms with van der Waals surface area (Å²) < 4.78 is 5.86. The molecule has 0 radical (unpaired) electrons. The molecular formula is C26H35N9O2. The number of pyridine rings is 1. The van der Waals surface area contributed by atoms with Crippen LogP contribution in [0.2, 0.25) is 0 Å². The lowest BCUT2D eigenvalue weighted by Gasteiger charge is -2.41. The Morgan fingerprint density at radius 1 is 1.19 bits per heavy atom. The zero-order chi connectivity index (χ0) is 25.9. The number of amides is 1. The van der Waals surface area contributed by atoms with E-state index in [1.807, 2.05) is 12.3 Å². The van der Waals surface area contributed by atoms with Gasteiger partial charge in [-0.1, -0.05) is 6.92 Å². The third-order valence-corrected chi connectivity index (χ3v) is 8.50. The van der Waals surface area contributed by atoms with Gasteiger partial charge in [-0.25, -0.2) is 15.0 Å². The number of nitrogens with one attached hydrogen (secondary N) is 1. The molecule has 0 unspecified atom stereocenters. The van der Waals surface area contributed by atoms with Gasteiger partial charge in [0.25, 0.3) is 5.91 Å². The summed E-state index contributed by atoms with van der Waals surface area (Å²) in [5.41, 5.74) is 10.3. The van der Waals surface area contributed by atoms with E-state index in [9.17, 15) is 4.79 Å². The molecule has 11 heteroatoms. The lowest BCUT2D eigenvalue weighted by atomic mass is 9.73. The van der Waals surface area contributed by atoms with Crippen molar-refractivity contribution in [3.8, 4) is 0 Å². The van der Waals surface area contributed by atoms with E-state index in [1.54, 1.807) is 25.1 Å². The third kappa shape index (κ3) is 3.91. The summed E-state index contributed by atoms with van der Waals surface area (Å²) >= 11 is 0. The van der Waals surface area contributed by atoms with Crippen molar-refractivity contribution >= 4 is 34.4 Å². The van der Waals surface area contributed by atoms with Crippen LogP contribution in [0.4, 0.5) is 17.3 Å². The molecule has 196 valence electrons. The summed E-state index contributed by atoms with van der Waals surface area (Å²) in [7, 11) is 3.48. The standard InChI is InChI=1S/C26H35N9O2/c1-15-7-10-35(18-6-5-17(29-20(15)18)25(36)33(3)4)24-21-23(31-32-24)30-19(13-28-21)34-11-8-26(9-12-34)14-37-16(2)22(26)27/h5-6,13,15-16,22H,7-12,14,27H2,1-4H3,(H,30,31,32)/t15-,16-,22+/m0/s1. The molecule has 2 saturated heterocycles. The largest absolute Gasteiger partial charge is 0.376 e. The minimum Gasteiger partial charge on any atom is -0.376 e. The minimum atomic E-state index is -0.101. The average Bonchev–Trinajstić information content (AvgIpc) is 3.45. The highest BCUT2D eigenvalue weighted by Gasteiger charge is 2.47. The molecule has 3 aliphatic rings. The number of anilines is 3. The number of carbonyl (C=O) groups excluding carboxylic acids is 1. The van der Waals surface area contributed by atoms with E-state index in [0.29, 0.717) is 11.3 Å². The van der Waals surface area contributed by atoms with Gasteiger partial charge >= 0.3 is 0 Å². The summed E-state index contributed by atoms with van der Waals surface area (Å²) in [6.07, 6.45) is 4.84. The molecule has 3 aromatic heterocycles. The van der Waals surface area contributed by atoms with Gasteiger partial charge in [0.1, 0.15) is 11.5 Å². The topological polar surface area (TPSA) is 129 Å². The molecule has 2 fully saturated rings. The zero-order valence-corrected chi connectivity index (χ0v) is 21.9. The Morgan fingerprint density at radius 2 is 1.97 bits per heavy atom. The highest BCUT2D eigenvalue weighted by molar-refractivity contribution is 5.93. The number of H-pyrrole nitrogens is 1. The second-order valence-electron chi connectivity index (χ2n) is 11.0. The molecule has 0 saturated carbocycles. The lowest BCUT2D eigenvalue weighted by Crippen LogP contribution is -2.50. The summed E-state index contributed by atoms with van der Waals surface area (Å²) in [5.74, 6) is 1.72. The Morgan fingerprint density at radius 3 is 2.68 bits per heavy atom. The Kier molecular flexibility index (Phi) is 5.79. The number of carbonyl (C=O) groups is 1. The molecule has 3 atom stereocenters. The normalized spacial score (nSPS) is 25.1. The number of piperidine rings is 1. The van der Waals surface area contributed by atoms with Crippen LogP contribution in [-0.2, 0) is 4.74 Å². The quantitative estimate of drug-likeness (QED) is 0.551. The maximum absolute atomic E-state index is 12.5. The molecule has 3 aliphatic heterocycles. The molecule has 6 rings (SSSR count). The molecule has 0 aliphatic carbocycles. The highest BCUT2D eigenvalue weighted by Crippen LogP contribution is 2.42. The molecular weight excluding hydrogens is 470 g/mol. The number of rotatable bonds is 3. The number of hydrogen-bond acceptors (Lipinski definition) is 9. The van der Waals surface area contributed by atoms with E-state index in [4.69, 9.17) is 25.4 Å². The first-order valence-electron chi connectivity index (χ1n) is 13.1. The van der Waals surface area contributed by atoms with Crippen molar-refractivity contribution in [3.05, 3.63) is 29.7 Å². The number of hydrogen-bond donors (Lipinski definition) is 2. The van der Waals surface area contributed by atoms with E-state index < -0.39 is 0 Å². The van der Waals surface area contributed by atoms with Crippen LogP contribution in [0.3, 0.4) is 0 Å². The monoisotopic (exact) mass is 505 g/mol. The zero-order valence-electron chi connectivity index (χ0n) is 21.9. The van der Waals surface area contributed by atoms with Crippen molar-refractivity contribution in [1.29, 1.82) is 0 Å². The first-order valence-corrected chi connectivity index (χ1v) is 13.1. The number of aromatic amines is 1. The summed E-state index contributed by atoms with van der Waals surface area (Å²) in [6, 6.07) is 3.84. The first kappa shape index (κ1) is 24.1. The molecule has 3 aromatic rings. The van der Waals surface area contributed by atoms with Crippen LogP contribution < -0.4 is 15.5 Å². The minimum absolute atomic E-state index is 0.0679. The molecule has 0 bridgehead atoms. The van der Waals surface area contributed by atoms with Crippen molar-refractivity contribution < 1.29 is 9.53 Å². The Hall–Kier alpha value is -3.31. The van der Waals surface area contributed by atoms with Crippen molar-refractivity contribution in [2.75, 3.05) is 50.1 Å². The SMILES string of the molecule is C[C@@H]1OCC2(CCN(c3cnc4c(N5CC[C@H](C)c6nc(C(=O)N(C)C)ccc65)n[nH]c4n3)CC2)[C@@H]1N. The van der Waals surface area contributed by atoms with E-state index in [2.05, 4.69) is 33.8 Å². The molecule has 1 amide bonds. The van der Waals surface area contributed by atoms with E-state index in [1.165, 1.54) is 0 Å². The van der Waals surface area contributed by atoms with Gasteiger partial charge in [-0.2, -0.15) is 5.10 Å². The Bertz CT molecular complexity index is 1330. The van der Waals surface area contributed by atoms with Gasteiger partial charge in [0.05, 0.1) is 30.3 Å². The number of ether oxygens (including phenoxy) is 1. The van der Waals surface area contributed by atoms with Crippen LogP contribution in [0.25, 0.3) is 11.2 Å². The van der Waals surface area contributed by atoms with Crippen LogP contribution in [0.15, 0.2) is 18.3 Å². The van der Waals surface area contributed by atoms with Gasteiger partial charge < -0.3 is 25.2 Å². The van der Waals surface area contributed by atoms with Gasteiger partial charge in [0.15, 0.2) is 17.0 Å². The Labute approximate surface area is 216 Å². The summed E-state index contributed by atoms with van der Waals surface area (Å²) in [4.78, 5) is 32.9. The van der Waals surface area contributed by atoms with Crippen LogP contribution in [0.1, 0.15) is 55.2 Å². The smallest absolute Gasteiger partial charge is 0.271 e. The van der Waals surface area contributed by atoms with Crippen molar-refractivity contribution in [2.45, 2.75) is 51.2 Å². The fraction of sp³-hybridized carbons (Fsp3) is 0.577. The number of nitrogens with zero attached hydrogens (tertiary/aromatic N) is 7. The average molecular weight is 506 g/mol. The predicted octanol–water partition coefficient (Wildman–Crippen LogP) is 2.43. The van der Waals surface area contributed by atoms with Crippen LogP contribution >= 0.6 is 0 Å². The fourth-order valence-electron chi connectivity index (χ4n) is 5.98. The van der Waals surface area contributed by atoms with Crippen molar-refractivity contribution in [2.24, 2.45) is 11.1 Å². The molecule has 3 N–H and O–H groups in total. The maximum Gasteiger partial charge on any atom is 0.271 e. The van der Waals surface area contributed by atoms with Crippen LogP contribution in [0.5, 0.6) is 0 Å². The fourth-order valence-corrected chi connectivity index (χ4v) is 5.98. The summed E-state index contributed by atoms with van der Waals surface area (Å²) in [6.45, 7) is 7.50. The molecule has 37 heavy (non-hydrogen) atoms. The number of fused-ring (bicyclic) bond motifs is 2. The second kappa shape index (κ2) is 8.91. The van der Waals surface area contributed by atoms with Gasteiger partial charge in [0, 0.05) is 51.1 Å². The van der Waals surface area contributed by atoms with Crippen molar-refractivity contribution in [3.63, 3.8) is 0 Å². The van der Waals surface area contributed by atoms with Gasteiger partial charge in [-0.3, -0.25) is 9.89 Å². The maximum atomic E-state index is 12.5. The third-order valence-electron chi connectivity index (χ3n) is 8.50. The highest BCUT2D eigenvalue weighted by atomic mass is 16.5. The Balaban J connectivity index is 1.25. The van der Waals surface area contributed by atoms with E-state index in [0.717, 1.165) is 74.0 Å².